The van der Waals surface area contributed by atoms with Gasteiger partial charge in [0, 0.05) is 132 Å². The van der Waals surface area contributed by atoms with Crippen molar-refractivity contribution in [2.24, 2.45) is 0 Å². The molecule has 0 radical (unpaired) electrons. The first-order chi connectivity index (χ1) is 59.7. The molecule has 12 heterocycles. The summed E-state index contributed by atoms with van der Waals surface area (Å²) in [6.07, 6.45) is 0. The van der Waals surface area contributed by atoms with E-state index in [4.69, 9.17) is 41.6 Å². The van der Waals surface area contributed by atoms with Crippen LogP contribution in [0.5, 0.6) is 0 Å². The van der Waals surface area contributed by atoms with E-state index in [2.05, 4.69) is 332 Å². The first-order valence-electron chi connectivity index (χ1n) is 42.2. The van der Waals surface area contributed by atoms with E-state index in [9.17, 15) is 14.4 Å². The molecule has 0 amide bonds. The van der Waals surface area contributed by atoms with Gasteiger partial charge in [-0.3, -0.25) is 14.4 Å². The van der Waals surface area contributed by atoms with Crippen LogP contribution < -0.4 is 32.8 Å². The van der Waals surface area contributed by atoms with Gasteiger partial charge in [-0.25, -0.2) is 0 Å². The van der Waals surface area contributed by atoms with Gasteiger partial charge in [-0.05, 0) is 123 Å². The van der Waals surface area contributed by atoms with Gasteiger partial charge in [0.05, 0.1) is 19.8 Å². The third-order valence-corrected chi connectivity index (χ3v) is 25.1. The Labute approximate surface area is 714 Å². The molecule has 21 nitrogen and oxygen atoms in total. The fraction of sp³-hybridized carbons (Fsp3) is 0.156. The first-order valence-corrected chi connectivity index (χ1v) is 42.2. The number of hydrogen-bond acceptors (Lipinski definition) is 15. The standard InChI is InChI=1S/3C28H22B2N2O3.3C4H8O2/c3*1-19-31-27-17-9-5-13-23(27)21-11-3-7-15-25(21)29(31)34-20(2)32-28-18-10-6-14-24(28)22-12-4-8-16-26(22)30(32,33-19)35-29;3*1-3-6-4(2)5/h3*3-18H,1-2H3;3*3H2,1-2H3/t3*29-,30-;;;/m110.../s1. The van der Waals surface area contributed by atoms with Crippen molar-refractivity contribution in [2.45, 2.75) is 83.1 Å². The second kappa shape index (κ2) is 30.4. The molecule has 123 heavy (non-hydrogen) atoms. The van der Waals surface area contributed by atoms with Crippen molar-refractivity contribution in [3.63, 3.8) is 0 Å². The molecule has 12 aliphatic heterocycles. The fourth-order valence-electron chi connectivity index (χ4n) is 21.0. The Balaban J connectivity index is 0.000000110. The number of ether oxygens (including phenoxy) is 3. The molecule has 27 heteroatoms. The molecule has 6 bridgehead atoms. The first kappa shape index (κ1) is 79.0. The quantitative estimate of drug-likeness (QED) is 0.0925. The third kappa shape index (κ3) is 12.0. The molecule has 6 spiro atoms. The van der Waals surface area contributed by atoms with Crippen molar-refractivity contribution in [1.82, 2.24) is 0 Å². The van der Waals surface area contributed by atoms with Gasteiger partial charge >= 0.3 is 58.0 Å². The maximum Gasteiger partial charge on any atom is 0.602 e. The molecule has 0 saturated heterocycles. The van der Waals surface area contributed by atoms with Crippen molar-refractivity contribution in [3.8, 4) is 66.8 Å². The van der Waals surface area contributed by atoms with E-state index in [1.807, 2.05) is 41.5 Å². The highest BCUT2D eigenvalue weighted by Crippen LogP contribution is 2.52. The van der Waals surface area contributed by atoms with Crippen LogP contribution in [0, 0.1) is 0 Å². The number of benzene rings is 12. The van der Waals surface area contributed by atoms with Crippen LogP contribution in [0.4, 0.5) is 34.1 Å². The minimum absolute atomic E-state index is 0.211. The summed E-state index contributed by atoms with van der Waals surface area (Å²) in [5.74, 6) is 3.98. The Morgan fingerprint density at radius 2 is 0.350 bits per heavy atom. The third-order valence-electron chi connectivity index (χ3n) is 25.1. The normalized spacial score (nSPS) is 22.1. The molecule has 0 fully saturated rings. The molecular weight excluding hydrogens is 1540 g/mol. The summed E-state index contributed by atoms with van der Waals surface area (Å²) in [5, 5.41) is 0. The molecule has 12 aliphatic rings. The Kier molecular flexibility index (Phi) is 19.5. The van der Waals surface area contributed by atoms with Gasteiger partial charge < -0.3 is 82.8 Å². The van der Waals surface area contributed by atoms with E-state index in [1.165, 1.54) is 20.8 Å². The number of rotatable bonds is 3. The van der Waals surface area contributed by atoms with E-state index >= 15 is 0 Å². The lowest BCUT2D eigenvalue weighted by Gasteiger charge is -2.58. The number of para-hydroxylation sites is 6. The van der Waals surface area contributed by atoms with Crippen molar-refractivity contribution in [2.75, 3.05) is 19.8 Å². The van der Waals surface area contributed by atoms with Crippen LogP contribution in [0.1, 0.15) is 83.1 Å². The van der Waals surface area contributed by atoms with Crippen LogP contribution in [0.2, 0.25) is 0 Å². The highest BCUT2D eigenvalue weighted by atomic mass is 16.7. The van der Waals surface area contributed by atoms with Crippen molar-refractivity contribution in [3.05, 3.63) is 291 Å². The van der Waals surface area contributed by atoms with Gasteiger partial charge in [0.25, 0.3) is 0 Å². The molecule has 0 aromatic heterocycles. The largest absolute Gasteiger partial charge is 0.617 e. The van der Waals surface area contributed by atoms with Gasteiger partial charge in [-0.15, -0.1) is 0 Å². The molecule has 24 rings (SSSR count). The van der Waals surface area contributed by atoms with Crippen molar-refractivity contribution < 1.29 is 97.2 Å². The maximum absolute atomic E-state index is 9.82. The molecular formula is C96H90B6N6O15. The summed E-state index contributed by atoms with van der Waals surface area (Å²) < 4.78 is 89.7. The van der Waals surface area contributed by atoms with Gasteiger partial charge in [0.15, 0.2) is 34.1 Å². The topological polar surface area (TPSA) is 180 Å². The number of fused-ring (bicyclic) bond motifs is 24. The molecule has 12 aromatic rings. The predicted molar refractivity (Wildman–Crippen MR) is 484 cm³/mol. The van der Waals surface area contributed by atoms with E-state index in [-0.39, 0.29) is 17.9 Å². The minimum Gasteiger partial charge on any atom is -0.617 e. The lowest BCUT2D eigenvalue weighted by atomic mass is 9.47. The van der Waals surface area contributed by atoms with E-state index in [1.54, 1.807) is 20.8 Å². The zero-order valence-corrected chi connectivity index (χ0v) is 70.6. The van der Waals surface area contributed by atoms with Gasteiger partial charge in [-0.2, -0.15) is 0 Å². The Hall–Kier alpha value is -13.9. The fourth-order valence-corrected chi connectivity index (χ4v) is 21.0. The second-order valence-electron chi connectivity index (χ2n) is 31.9. The van der Waals surface area contributed by atoms with E-state index in [0.717, 1.165) is 169 Å². The van der Waals surface area contributed by atoms with Crippen molar-refractivity contribution >= 4 is 160 Å². The molecule has 0 N–H and O–H groups in total. The van der Waals surface area contributed by atoms with Gasteiger partial charge in [0.2, 0.25) is 35.4 Å². The average Bonchev–Trinajstić information content (AvgIpc) is 0.676. The zero-order chi connectivity index (χ0) is 85.1. The minimum atomic E-state index is -2.11. The molecule has 12 aromatic carbocycles. The summed E-state index contributed by atoms with van der Waals surface area (Å²) in [5.41, 5.74) is 26.0. The maximum atomic E-state index is 9.82. The number of nitrogens with zero attached hydrogens (tertiary/aromatic N) is 6. The number of carbonyl (C=O) groups excluding carboxylic acids is 3. The monoisotopic (exact) mass is 1630 g/mol. The number of esters is 3. The van der Waals surface area contributed by atoms with Gasteiger partial charge in [-0.1, -0.05) is 218 Å². The van der Waals surface area contributed by atoms with Crippen LogP contribution in [-0.4, -0.2) is 140 Å². The lowest BCUT2D eigenvalue weighted by molar-refractivity contribution is -0.416. The molecule has 0 unspecified atom stereocenters. The Morgan fingerprint density at radius 3 is 0.480 bits per heavy atom. The predicted octanol–water partition coefficient (Wildman–Crippen LogP) is 14.4. The van der Waals surface area contributed by atoms with E-state index < -0.39 is 40.1 Å². The smallest absolute Gasteiger partial charge is 0.602 e. The lowest BCUT2D eigenvalue weighted by Crippen LogP contribution is -2.83. The molecule has 6 atom stereocenters. The van der Waals surface area contributed by atoms with E-state index in [0.29, 0.717) is 19.8 Å². The highest BCUT2D eigenvalue weighted by molar-refractivity contribution is 6.94. The highest BCUT2D eigenvalue weighted by Gasteiger charge is 2.73. The molecule has 0 saturated carbocycles. The van der Waals surface area contributed by atoms with Gasteiger partial charge in [0.1, 0.15) is 0 Å². The Morgan fingerprint density at radius 1 is 0.220 bits per heavy atom. The summed E-state index contributed by atoms with van der Waals surface area (Å²) in [6, 6.07) is 101. The number of hydrogen-bond donors (Lipinski definition) is 0. The van der Waals surface area contributed by atoms with Crippen molar-refractivity contribution in [1.29, 1.82) is 0 Å². The van der Waals surface area contributed by atoms with Crippen LogP contribution in [-0.2, 0) is 70.2 Å². The second-order valence-corrected chi connectivity index (χ2v) is 31.9. The summed E-state index contributed by atoms with van der Waals surface area (Å²) in [7, 11) is 0. The number of carbonyl (C=O) groups is 3. The zero-order valence-electron chi connectivity index (χ0n) is 70.6. The van der Waals surface area contributed by atoms with Crippen LogP contribution in [0.3, 0.4) is 0 Å². The molecule has 612 valence electrons. The molecule has 0 aliphatic carbocycles. The summed E-state index contributed by atoms with van der Waals surface area (Å²) in [6.45, 7) is 10.5. The van der Waals surface area contributed by atoms with Crippen LogP contribution in [0.25, 0.3) is 66.8 Å². The average molecular weight is 1630 g/mol. The SMILES string of the molecule is CC1=[N+]2c3ccccc3-c3ccccc3[B@-]23OC(C)=[N+]2c4ccccc4-c4ccccc4[B@@-]2(O1)O3.CC1=[N+]2c3ccccc3-c3ccccc3[B@-]23OC(C)=[N+]2c4ccccc4-c4ccccc4[B@@-]2(O1)O3.CC1=[N+]2c3ccccc3-c3ccccc3[B@@-]23OC(C)=[N+]2c4ccccc4-c4ccccc4[B@-]2(O1)O3.CCOC(C)=O.CCOC(C)=O.CCOC(C)=O. The summed E-state index contributed by atoms with van der Waals surface area (Å²) >= 11 is 0. The Bertz CT molecular complexity index is 5720. The van der Waals surface area contributed by atoms with Crippen LogP contribution >= 0.6 is 0 Å². The summed E-state index contributed by atoms with van der Waals surface area (Å²) in [4.78, 5) is 29.5. The van der Waals surface area contributed by atoms with Crippen LogP contribution in [0.15, 0.2) is 291 Å².